The Morgan fingerprint density at radius 3 is 1.80 bits per heavy atom. The van der Waals surface area contributed by atoms with Gasteiger partial charge < -0.3 is 60.8 Å². The molecule has 0 aromatic carbocycles. The fraction of sp³-hybridized carbons (Fsp3) is 0.867. The van der Waals surface area contributed by atoms with Gasteiger partial charge in [0.15, 0.2) is 0 Å². The smallest absolute Gasteiger partial charge is 0.549 e. The van der Waals surface area contributed by atoms with Crippen LogP contribution in [0.2, 0.25) is 0 Å². The minimum Gasteiger partial charge on any atom is -0.549 e. The van der Waals surface area contributed by atoms with Crippen molar-refractivity contribution in [2.75, 3.05) is 85.1 Å². The van der Waals surface area contributed by atoms with E-state index in [9.17, 15) is 64.5 Å². The number of carboxylic acids is 4. The molecule has 6 N–H and O–H groups in total. The van der Waals surface area contributed by atoms with Crippen molar-refractivity contribution in [1.82, 2.24) is 30.2 Å². The van der Waals surface area contributed by atoms with Gasteiger partial charge in [-0.2, -0.15) is 0 Å². The minimum atomic E-state index is -1.35. The van der Waals surface area contributed by atoms with Crippen LogP contribution >= 0.6 is 0 Å². The average Bonchev–Trinajstić information content (AvgIpc) is 3.58. The number of aliphatic carboxylic acids is 4. The molecule has 1 aliphatic heterocycles. The molecule has 0 spiro atoms. The maximum atomic E-state index is 13.0. The number of carbonyl (C=O) groups is 6. The second-order valence-electron chi connectivity index (χ2n) is 20.1. The van der Waals surface area contributed by atoms with Gasteiger partial charge in [-0.15, -0.1) is 0 Å². The monoisotopic (exact) mass is 974 g/mol. The number of hydrogen-bond acceptors (Lipinski definition) is 16. The van der Waals surface area contributed by atoms with E-state index in [4.69, 9.17) is 0 Å². The Bertz CT molecular complexity index is 1620. The summed E-state index contributed by atoms with van der Waals surface area (Å²) in [6, 6.07) is -1.06. The van der Waals surface area contributed by atoms with Crippen molar-refractivity contribution in [2.24, 2.45) is 46.3 Å². The van der Waals surface area contributed by atoms with Crippen LogP contribution in [0.15, 0.2) is 0 Å². The molecule has 1 saturated heterocycles. The molecule has 4 saturated carbocycles. The van der Waals surface area contributed by atoms with Crippen LogP contribution in [0, 0.1) is 46.3 Å². The largest absolute Gasteiger partial charge is 3.00 e. The molecule has 0 aromatic heterocycles. The van der Waals surface area contributed by atoms with E-state index in [0.717, 1.165) is 25.7 Å². The average molecular weight is 976 g/mol. The summed E-state index contributed by atoms with van der Waals surface area (Å²) in [6.45, 7) is 6.03. The van der Waals surface area contributed by atoms with Crippen LogP contribution in [0.1, 0.15) is 91.4 Å². The zero-order valence-corrected chi connectivity index (χ0v) is 41.0. The number of rotatable bonds is 18. The van der Waals surface area contributed by atoms with E-state index in [-0.39, 0.29) is 163 Å². The first-order valence-electron chi connectivity index (χ1n) is 23.5. The maximum Gasteiger partial charge on any atom is 3.00 e. The summed E-state index contributed by atoms with van der Waals surface area (Å²) in [5.41, 5.74) is -0.399. The summed E-state index contributed by atoms with van der Waals surface area (Å²) in [7, 11) is 0. The van der Waals surface area contributed by atoms with E-state index < -0.39 is 67.7 Å². The number of aliphatic hydroxyl groups is 3. The predicted octanol–water partition coefficient (Wildman–Crippen LogP) is -4.08. The molecule has 5 rings (SSSR count). The number of carboxylic acid groups (broad SMARTS) is 4. The van der Waals surface area contributed by atoms with Gasteiger partial charge >= 0.3 is 25.8 Å². The third-order valence-electron chi connectivity index (χ3n) is 16.4. The molecule has 1 heterocycles. The van der Waals surface area contributed by atoms with Crippen molar-refractivity contribution in [2.45, 2.75) is 116 Å². The summed E-state index contributed by atoms with van der Waals surface area (Å²) < 4.78 is 0. The Morgan fingerprint density at radius 1 is 0.708 bits per heavy atom. The van der Waals surface area contributed by atoms with Gasteiger partial charge in [-0.05, 0) is 111 Å². The quantitative estimate of drug-likeness (QED) is 0.0563. The van der Waals surface area contributed by atoms with Gasteiger partial charge in [0.1, 0.15) is 6.04 Å². The zero-order chi connectivity index (χ0) is 46.9. The van der Waals surface area contributed by atoms with Crippen molar-refractivity contribution >= 4 is 55.5 Å². The Morgan fingerprint density at radius 2 is 1.26 bits per heavy atom. The van der Waals surface area contributed by atoms with Gasteiger partial charge in [0.05, 0.1) is 42.8 Å². The molecule has 2 unspecified atom stereocenters. The third-order valence-corrected chi connectivity index (χ3v) is 16.4. The summed E-state index contributed by atoms with van der Waals surface area (Å²) in [6.07, 6.45) is 5.35. The molecular formula is C45H73GaN6O13. The third kappa shape index (κ3) is 14.1. The summed E-state index contributed by atoms with van der Waals surface area (Å²) in [5, 5.41) is 83.9. The molecule has 65 heavy (non-hydrogen) atoms. The SMILES string of the molecule is C[C@H](CCC(=O)NCC(=O)NCCCC(C(=O)O)N1CCN(CC(=O)[O-])CCN(CC(=O)[O-])CCN(CC(=O)[O-])CC1)[C@H]1CC[C@H]2[C@@H]3C(O)C[C@@H]4C[C@H](O)CC[C@]4(C)[C@H]3C[C@H](O)[C@]12C.[Ga+3]. The van der Waals surface area contributed by atoms with Crippen molar-refractivity contribution in [3.05, 3.63) is 0 Å². The van der Waals surface area contributed by atoms with Gasteiger partial charge in [0, 0.05) is 85.0 Å². The number of carbonyl (C=O) groups excluding carboxylic acids is 5. The van der Waals surface area contributed by atoms with Gasteiger partial charge in [0.2, 0.25) is 11.8 Å². The Hall–Kier alpha value is -2.82. The Balaban J connectivity index is 0.00000925. The second kappa shape index (κ2) is 24.5. The van der Waals surface area contributed by atoms with E-state index in [2.05, 4.69) is 31.4 Å². The van der Waals surface area contributed by atoms with Crippen molar-refractivity contribution < 1.29 is 64.5 Å². The predicted molar refractivity (Wildman–Crippen MR) is 231 cm³/mol. The van der Waals surface area contributed by atoms with Crippen molar-refractivity contribution in [1.29, 1.82) is 0 Å². The molecule has 0 aromatic rings. The van der Waals surface area contributed by atoms with Crippen LogP contribution in [0.4, 0.5) is 0 Å². The molecule has 12 atom stereocenters. The van der Waals surface area contributed by atoms with Crippen LogP contribution in [0.5, 0.6) is 0 Å². The molecule has 0 bridgehead atoms. The number of amides is 2. The van der Waals surface area contributed by atoms with Gasteiger partial charge in [-0.1, -0.05) is 20.8 Å². The van der Waals surface area contributed by atoms with Crippen LogP contribution in [-0.2, 0) is 28.8 Å². The zero-order valence-electron chi connectivity index (χ0n) is 38.6. The number of nitrogens with zero attached hydrogens (tertiary/aromatic N) is 4. The molecule has 2 amide bonds. The van der Waals surface area contributed by atoms with E-state index in [1.807, 2.05) is 0 Å². The maximum absolute atomic E-state index is 13.0. The normalized spacial score (nSPS) is 33.9. The van der Waals surface area contributed by atoms with Crippen molar-refractivity contribution in [3.63, 3.8) is 0 Å². The molecule has 20 heteroatoms. The standard InChI is InChI=1S/C45H76N6O13.Ga/c1-28(31-7-8-32-42-33(23-36(54)45(31,32)3)44(2)11-10-30(52)21-29(44)22-35(42)53)6-9-37(55)47-24-38(56)46-12-4-5-34(43(63)64)51-19-17-49(26-40(59)60)15-13-48(25-39(57)58)14-16-50(18-20-51)27-41(61)62;/h28-36,42,52-54H,4-27H2,1-3H3,(H,46,56)(H,47,55)(H,57,58)(H,59,60)(H,61,62)(H,63,64);/q;+3/p-3/t28-,29+,30-,31-,32+,33+,34?,35?,36+,42+,44+,45-;/m1./s1. The van der Waals surface area contributed by atoms with E-state index in [1.165, 1.54) is 14.7 Å². The first kappa shape index (κ1) is 54.8. The topological polar surface area (TPSA) is 290 Å². The summed E-state index contributed by atoms with van der Waals surface area (Å²) in [5.74, 6) is -4.91. The first-order chi connectivity index (χ1) is 30.2. The number of aliphatic hydroxyl groups excluding tert-OH is 3. The number of fused-ring (bicyclic) bond motifs is 5. The van der Waals surface area contributed by atoms with E-state index in [1.54, 1.807) is 4.90 Å². The molecule has 5 aliphatic rings. The van der Waals surface area contributed by atoms with Crippen molar-refractivity contribution in [3.8, 4) is 0 Å². The fourth-order valence-corrected chi connectivity index (χ4v) is 12.9. The molecule has 19 nitrogen and oxygen atoms in total. The molecular weight excluding hydrogens is 902 g/mol. The molecule has 0 radical (unpaired) electrons. The van der Waals surface area contributed by atoms with Crippen LogP contribution in [-0.4, -0.2) is 205 Å². The van der Waals surface area contributed by atoms with Crippen LogP contribution < -0.4 is 26.0 Å². The Kier molecular flexibility index (Phi) is 20.6. The number of nitrogens with one attached hydrogen (secondary N) is 2. The van der Waals surface area contributed by atoms with Gasteiger partial charge in [-0.25, -0.2) is 0 Å². The minimum absolute atomic E-state index is 0. The molecule has 5 fully saturated rings. The summed E-state index contributed by atoms with van der Waals surface area (Å²) in [4.78, 5) is 78.9. The van der Waals surface area contributed by atoms with E-state index >= 15 is 0 Å². The van der Waals surface area contributed by atoms with Crippen LogP contribution in [0.3, 0.4) is 0 Å². The fourth-order valence-electron chi connectivity index (χ4n) is 12.9. The molecule has 364 valence electrons. The number of hydrogen-bond donors (Lipinski definition) is 6. The van der Waals surface area contributed by atoms with Gasteiger partial charge in [0.25, 0.3) is 0 Å². The summed E-state index contributed by atoms with van der Waals surface area (Å²) >= 11 is 0. The van der Waals surface area contributed by atoms with E-state index in [0.29, 0.717) is 25.7 Å². The van der Waals surface area contributed by atoms with Gasteiger partial charge in [-0.3, -0.25) is 34.0 Å². The van der Waals surface area contributed by atoms with Crippen LogP contribution in [0.25, 0.3) is 0 Å². The molecule has 4 aliphatic carbocycles. The second-order valence-corrected chi connectivity index (χ2v) is 20.1. The Labute approximate surface area is 396 Å². The first-order valence-corrected chi connectivity index (χ1v) is 23.5.